The summed E-state index contributed by atoms with van der Waals surface area (Å²) in [5.41, 5.74) is 1.22. The Labute approximate surface area is 231 Å². The summed E-state index contributed by atoms with van der Waals surface area (Å²) < 4.78 is 20.5. The van der Waals surface area contributed by atoms with Crippen molar-refractivity contribution in [1.82, 2.24) is 10.2 Å². The molecule has 0 bridgehead atoms. The SMILES string of the molecule is CC(Oc1cccc(CN2CC[C@@]3(C[C@@H]2C)C(NC2CCCCC2)=NC(=O)N3c2cccc(F)c2)c1)C1CC1. The van der Waals surface area contributed by atoms with Crippen molar-refractivity contribution in [2.24, 2.45) is 10.9 Å². The van der Waals surface area contributed by atoms with E-state index in [1.54, 1.807) is 11.0 Å². The molecular weight excluding hydrogens is 491 g/mol. The van der Waals surface area contributed by atoms with Crippen LogP contribution in [-0.2, 0) is 6.54 Å². The minimum absolute atomic E-state index is 0.203. The lowest BCUT2D eigenvalue weighted by Gasteiger charge is -2.48. The zero-order valence-corrected chi connectivity index (χ0v) is 23.2. The first kappa shape index (κ1) is 26.3. The number of halogens is 1. The zero-order valence-electron chi connectivity index (χ0n) is 23.2. The molecule has 2 aromatic carbocycles. The number of carbonyl (C=O) groups excluding carboxylic acids is 1. The molecule has 39 heavy (non-hydrogen) atoms. The second kappa shape index (κ2) is 10.9. The molecule has 3 fully saturated rings. The van der Waals surface area contributed by atoms with E-state index in [-0.39, 0.29) is 24.0 Å². The number of urea groups is 1. The number of rotatable bonds is 7. The van der Waals surface area contributed by atoms with Gasteiger partial charge >= 0.3 is 6.03 Å². The fourth-order valence-electron chi connectivity index (χ4n) is 6.87. The molecule has 1 N–H and O–H groups in total. The molecule has 208 valence electrons. The predicted molar refractivity (Wildman–Crippen MR) is 153 cm³/mol. The van der Waals surface area contributed by atoms with Crippen LogP contribution in [0.2, 0.25) is 0 Å². The number of hydrogen-bond acceptors (Lipinski definition) is 4. The lowest BCUT2D eigenvalue weighted by molar-refractivity contribution is 0.121. The number of piperidine rings is 1. The average molecular weight is 533 g/mol. The molecule has 2 heterocycles. The minimum atomic E-state index is -0.594. The van der Waals surface area contributed by atoms with Crippen LogP contribution < -0.4 is 15.0 Å². The van der Waals surface area contributed by atoms with Gasteiger partial charge in [0.25, 0.3) is 0 Å². The number of carbonyl (C=O) groups is 1. The molecule has 2 amide bonds. The summed E-state index contributed by atoms with van der Waals surface area (Å²) in [5, 5.41) is 3.71. The smallest absolute Gasteiger partial charge is 0.350 e. The Hall–Kier alpha value is -2.93. The van der Waals surface area contributed by atoms with Crippen LogP contribution in [0.25, 0.3) is 0 Å². The van der Waals surface area contributed by atoms with Crippen molar-refractivity contribution < 1.29 is 13.9 Å². The highest BCUT2D eigenvalue weighted by Crippen LogP contribution is 2.42. The lowest BCUT2D eigenvalue weighted by Crippen LogP contribution is -2.63. The van der Waals surface area contributed by atoms with Gasteiger partial charge in [0.1, 0.15) is 22.9 Å². The van der Waals surface area contributed by atoms with Crippen LogP contribution in [-0.4, -0.2) is 47.0 Å². The first-order chi connectivity index (χ1) is 18.9. The van der Waals surface area contributed by atoms with Crippen molar-refractivity contribution in [1.29, 1.82) is 0 Å². The molecule has 2 aliphatic carbocycles. The van der Waals surface area contributed by atoms with Gasteiger partial charge in [-0.25, -0.2) is 9.18 Å². The van der Waals surface area contributed by atoms with E-state index in [1.165, 1.54) is 49.8 Å². The monoisotopic (exact) mass is 532 g/mol. The van der Waals surface area contributed by atoms with Crippen molar-refractivity contribution in [2.45, 2.75) is 102 Å². The Bertz CT molecular complexity index is 1220. The van der Waals surface area contributed by atoms with E-state index in [0.29, 0.717) is 17.6 Å². The molecule has 7 heteroatoms. The molecule has 2 aliphatic heterocycles. The van der Waals surface area contributed by atoms with Crippen molar-refractivity contribution in [3.63, 3.8) is 0 Å². The summed E-state index contributed by atoms with van der Waals surface area (Å²) in [4.78, 5) is 22.3. The first-order valence-electron chi connectivity index (χ1n) is 14.9. The fraction of sp³-hybridized carbons (Fsp3) is 0.562. The Morgan fingerprint density at radius 3 is 2.64 bits per heavy atom. The maximum absolute atomic E-state index is 14.3. The second-order valence-corrected chi connectivity index (χ2v) is 12.2. The van der Waals surface area contributed by atoms with E-state index >= 15 is 0 Å². The summed E-state index contributed by atoms with van der Waals surface area (Å²) in [5.74, 6) is 2.07. The van der Waals surface area contributed by atoms with E-state index < -0.39 is 5.54 Å². The molecular formula is C32H41FN4O2. The molecule has 3 atom stereocenters. The van der Waals surface area contributed by atoms with E-state index in [2.05, 4.69) is 53.3 Å². The maximum Gasteiger partial charge on any atom is 0.350 e. The number of anilines is 1. The van der Waals surface area contributed by atoms with Crippen molar-refractivity contribution >= 4 is 17.6 Å². The third-order valence-electron chi connectivity index (χ3n) is 9.24. The van der Waals surface area contributed by atoms with E-state index in [4.69, 9.17) is 4.74 Å². The average Bonchev–Trinajstić information content (AvgIpc) is 3.73. The van der Waals surface area contributed by atoms with Crippen LogP contribution in [0.4, 0.5) is 14.9 Å². The summed E-state index contributed by atoms with van der Waals surface area (Å²) in [6.45, 7) is 6.04. The first-order valence-corrected chi connectivity index (χ1v) is 14.9. The van der Waals surface area contributed by atoms with Gasteiger partial charge in [0.05, 0.1) is 6.10 Å². The number of likely N-dealkylation sites (tertiary alicyclic amines) is 1. The highest BCUT2D eigenvalue weighted by molar-refractivity contribution is 6.16. The van der Waals surface area contributed by atoms with Gasteiger partial charge in [0, 0.05) is 30.9 Å². The van der Waals surface area contributed by atoms with Gasteiger partial charge in [0.15, 0.2) is 0 Å². The van der Waals surface area contributed by atoms with Gasteiger partial charge in [-0.2, -0.15) is 4.99 Å². The summed E-state index contributed by atoms with van der Waals surface area (Å²) in [7, 11) is 0. The van der Waals surface area contributed by atoms with Gasteiger partial charge in [-0.05, 0) is 94.2 Å². The predicted octanol–water partition coefficient (Wildman–Crippen LogP) is 6.69. The van der Waals surface area contributed by atoms with Gasteiger partial charge < -0.3 is 10.1 Å². The molecule has 1 unspecified atom stereocenters. The summed E-state index contributed by atoms with van der Waals surface area (Å²) in [6, 6.07) is 15.1. The largest absolute Gasteiger partial charge is 0.490 e. The van der Waals surface area contributed by atoms with Crippen LogP contribution >= 0.6 is 0 Å². The molecule has 1 saturated heterocycles. The Balaban J connectivity index is 1.22. The molecule has 4 aliphatic rings. The highest BCUT2D eigenvalue weighted by Gasteiger charge is 2.54. The highest BCUT2D eigenvalue weighted by atomic mass is 19.1. The standard InChI is InChI=1S/C32H41FN4O2/c1-22-20-32(16-17-36(22)21-24-8-6-13-29(18-24)39-23(2)25-14-15-25)30(34-27-10-4-3-5-11-27)35-31(38)37(32)28-12-7-9-26(33)19-28/h6-9,12-13,18-19,22-23,25,27H,3-5,10-11,14-17,20-21H2,1-2H3,(H,34,35,38)/t22-,23?,32+/m0/s1. The van der Waals surface area contributed by atoms with Crippen LogP contribution in [0.1, 0.15) is 77.2 Å². The van der Waals surface area contributed by atoms with Crippen LogP contribution in [0, 0.1) is 11.7 Å². The number of aliphatic imine (C=N–C) groups is 1. The van der Waals surface area contributed by atoms with E-state index in [1.807, 2.05) is 6.07 Å². The van der Waals surface area contributed by atoms with Gasteiger partial charge in [-0.15, -0.1) is 0 Å². The maximum atomic E-state index is 14.3. The van der Waals surface area contributed by atoms with Gasteiger partial charge in [0.2, 0.25) is 0 Å². The zero-order chi connectivity index (χ0) is 27.0. The fourth-order valence-corrected chi connectivity index (χ4v) is 6.87. The van der Waals surface area contributed by atoms with Crippen LogP contribution in [0.15, 0.2) is 53.5 Å². The number of benzene rings is 2. The summed E-state index contributed by atoms with van der Waals surface area (Å²) >= 11 is 0. The third-order valence-corrected chi connectivity index (χ3v) is 9.24. The van der Waals surface area contributed by atoms with E-state index in [9.17, 15) is 9.18 Å². The molecule has 6 nitrogen and oxygen atoms in total. The number of hydrogen-bond donors (Lipinski definition) is 1. The Morgan fingerprint density at radius 1 is 1.10 bits per heavy atom. The van der Waals surface area contributed by atoms with Crippen LogP contribution in [0.5, 0.6) is 5.75 Å². The quantitative estimate of drug-likeness (QED) is 0.432. The van der Waals surface area contributed by atoms with Crippen molar-refractivity contribution in [3.8, 4) is 5.75 Å². The van der Waals surface area contributed by atoms with Gasteiger partial charge in [-0.1, -0.05) is 37.5 Å². The molecule has 0 radical (unpaired) electrons. The van der Waals surface area contributed by atoms with Gasteiger partial charge in [-0.3, -0.25) is 9.80 Å². The Kier molecular flexibility index (Phi) is 7.36. The third kappa shape index (κ3) is 5.56. The number of amidine groups is 1. The molecule has 0 aromatic heterocycles. The number of nitrogens with one attached hydrogen (secondary N) is 1. The lowest BCUT2D eigenvalue weighted by atomic mass is 9.80. The van der Waals surface area contributed by atoms with Crippen LogP contribution in [0.3, 0.4) is 0 Å². The summed E-state index contributed by atoms with van der Waals surface area (Å²) in [6.07, 6.45) is 10.1. The normalized spacial score (nSPS) is 27.1. The topological polar surface area (TPSA) is 57.2 Å². The molecule has 2 aromatic rings. The van der Waals surface area contributed by atoms with Crippen molar-refractivity contribution in [3.05, 3.63) is 59.9 Å². The molecule has 2 saturated carbocycles. The molecule has 1 spiro atoms. The number of amides is 2. The number of ether oxygens (including phenoxy) is 1. The Morgan fingerprint density at radius 2 is 1.90 bits per heavy atom. The minimum Gasteiger partial charge on any atom is -0.490 e. The second-order valence-electron chi connectivity index (χ2n) is 12.2. The van der Waals surface area contributed by atoms with E-state index in [0.717, 1.165) is 50.4 Å². The number of nitrogens with zero attached hydrogens (tertiary/aromatic N) is 3. The van der Waals surface area contributed by atoms with Crippen molar-refractivity contribution in [2.75, 3.05) is 11.4 Å². The molecule has 6 rings (SSSR count).